The van der Waals surface area contributed by atoms with Crippen molar-refractivity contribution in [2.75, 3.05) is 0 Å². The van der Waals surface area contributed by atoms with Crippen LogP contribution < -0.4 is 0 Å². The van der Waals surface area contributed by atoms with Crippen molar-refractivity contribution in [1.29, 1.82) is 0 Å². The monoisotopic (exact) mass is 458 g/mol. The van der Waals surface area contributed by atoms with E-state index in [-0.39, 0.29) is 26.2 Å². The van der Waals surface area contributed by atoms with Crippen molar-refractivity contribution in [3.63, 3.8) is 0 Å². The van der Waals surface area contributed by atoms with Gasteiger partial charge in [-0.25, -0.2) is 13.6 Å². The average Bonchev–Trinajstić information content (AvgIpc) is 2.58. The number of benzene rings is 2. The lowest BCUT2D eigenvalue weighted by atomic mass is 9.96. The van der Waals surface area contributed by atoms with Crippen LogP contribution in [0.25, 0.3) is 6.08 Å². The van der Waals surface area contributed by atoms with Gasteiger partial charge in [-0.3, -0.25) is 0 Å². The zero-order valence-corrected chi connectivity index (χ0v) is 15.8. The SMILES string of the molecule is O=C(O)c1ccc(C=CC(c2cc(Cl)c(Cl)c(Cl)c2)C(F)(F)F)cc1C(F)F. The molecule has 150 valence electrons. The molecular formula is C18H10Cl3F5O2. The van der Waals surface area contributed by atoms with Crippen LogP contribution in [0, 0.1) is 0 Å². The number of alkyl halides is 5. The molecule has 0 amide bonds. The second kappa shape index (κ2) is 8.68. The number of halogens is 8. The molecule has 0 fully saturated rings. The number of carboxylic acid groups (broad SMARTS) is 1. The van der Waals surface area contributed by atoms with Crippen molar-refractivity contribution in [2.45, 2.75) is 18.5 Å². The summed E-state index contributed by atoms with van der Waals surface area (Å²) >= 11 is 17.3. The standard InChI is InChI=1S/C18H10Cl3F5O2/c19-13-6-9(7-14(20)15(13)21)12(18(24,25)26)4-2-8-1-3-10(17(27)28)11(5-8)16(22)23/h1-7,12,16H,(H,27,28). The summed E-state index contributed by atoms with van der Waals surface area (Å²) in [5.74, 6) is -3.71. The van der Waals surface area contributed by atoms with E-state index in [9.17, 15) is 26.7 Å². The summed E-state index contributed by atoms with van der Waals surface area (Å²) in [6.07, 6.45) is -6.14. The van der Waals surface area contributed by atoms with Crippen LogP contribution in [0.1, 0.15) is 39.4 Å². The Labute approximate surface area is 171 Å². The zero-order chi connectivity index (χ0) is 21.2. The Kier molecular flexibility index (Phi) is 6.96. The first-order chi connectivity index (χ1) is 12.9. The van der Waals surface area contributed by atoms with Gasteiger partial charge in [0.15, 0.2) is 0 Å². The number of hydrogen-bond acceptors (Lipinski definition) is 1. The minimum atomic E-state index is -4.73. The van der Waals surface area contributed by atoms with Crippen LogP contribution in [0.3, 0.4) is 0 Å². The van der Waals surface area contributed by atoms with Gasteiger partial charge in [0, 0.05) is 5.56 Å². The van der Waals surface area contributed by atoms with Crippen LogP contribution in [-0.2, 0) is 0 Å². The van der Waals surface area contributed by atoms with Gasteiger partial charge in [0.1, 0.15) is 0 Å². The molecule has 10 heteroatoms. The fourth-order valence-corrected chi connectivity index (χ4v) is 3.04. The molecular weight excluding hydrogens is 450 g/mol. The van der Waals surface area contributed by atoms with Crippen LogP contribution in [0.15, 0.2) is 36.4 Å². The van der Waals surface area contributed by atoms with Gasteiger partial charge in [-0.2, -0.15) is 13.2 Å². The van der Waals surface area contributed by atoms with Crippen LogP contribution in [0.4, 0.5) is 22.0 Å². The van der Waals surface area contributed by atoms with Crippen LogP contribution in [0.5, 0.6) is 0 Å². The molecule has 1 unspecified atom stereocenters. The van der Waals surface area contributed by atoms with Gasteiger partial charge in [-0.1, -0.05) is 53.0 Å². The average molecular weight is 460 g/mol. The second-order valence-corrected chi connectivity index (χ2v) is 6.82. The molecule has 0 saturated carbocycles. The first kappa shape index (κ1) is 22.5. The third kappa shape index (κ3) is 5.16. The number of rotatable bonds is 5. The zero-order valence-electron chi connectivity index (χ0n) is 13.6. The molecule has 2 aromatic carbocycles. The summed E-state index contributed by atoms with van der Waals surface area (Å²) in [5, 5.41) is 8.49. The lowest BCUT2D eigenvalue weighted by molar-refractivity contribution is -0.139. The van der Waals surface area contributed by atoms with Crippen molar-refractivity contribution >= 4 is 46.8 Å². The van der Waals surface area contributed by atoms with Crippen molar-refractivity contribution in [1.82, 2.24) is 0 Å². The summed E-state index contributed by atoms with van der Waals surface area (Å²) < 4.78 is 66.5. The fourth-order valence-electron chi connectivity index (χ4n) is 2.43. The van der Waals surface area contributed by atoms with Crippen molar-refractivity contribution in [3.8, 4) is 0 Å². The van der Waals surface area contributed by atoms with Gasteiger partial charge in [-0.05, 0) is 35.4 Å². The van der Waals surface area contributed by atoms with Gasteiger partial charge in [0.2, 0.25) is 0 Å². The molecule has 2 rings (SSSR count). The summed E-state index contributed by atoms with van der Waals surface area (Å²) in [5.41, 5.74) is -1.74. The van der Waals surface area contributed by atoms with Gasteiger partial charge in [-0.15, -0.1) is 0 Å². The number of aromatic carboxylic acids is 1. The van der Waals surface area contributed by atoms with E-state index < -0.39 is 35.6 Å². The molecule has 2 nitrogen and oxygen atoms in total. The minimum Gasteiger partial charge on any atom is -0.478 e. The van der Waals surface area contributed by atoms with Crippen molar-refractivity contribution in [3.05, 3.63) is 73.7 Å². The molecule has 0 aromatic heterocycles. The Bertz CT molecular complexity index is 903. The number of allylic oxidation sites excluding steroid dienone is 1. The Hall–Kier alpha value is -1.83. The lowest BCUT2D eigenvalue weighted by Gasteiger charge is -2.18. The summed E-state index contributed by atoms with van der Waals surface area (Å²) in [7, 11) is 0. The summed E-state index contributed by atoms with van der Waals surface area (Å²) in [4.78, 5) is 11.0. The summed E-state index contributed by atoms with van der Waals surface area (Å²) in [6, 6.07) is 4.87. The van der Waals surface area contributed by atoms with E-state index in [4.69, 9.17) is 39.9 Å². The smallest absolute Gasteiger partial charge is 0.399 e. The Morgan fingerprint density at radius 1 is 1.04 bits per heavy atom. The molecule has 0 bridgehead atoms. The quantitative estimate of drug-likeness (QED) is 0.368. The van der Waals surface area contributed by atoms with Crippen molar-refractivity contribution < 1.29 is 31.9 Å². The van der Waals surface area contributed by atoms with E-state index in [0.717, 1.165) is 42.5 Å². The normalized spacial score (nSPS) is 13.3. The number of carboxylic acids is 1. The molecule has 0 radical (unpaired) electrons. The van der Waals surface area contributed by atoms with Crippen LogP contribution >= 0.6 is 34.8 Å². The molecule has 0 saturated heterocycles. The van der Waals surface area contributed by atoms with E-state index in [1.165, 1.54) is 0 Å². The van der Waals surface area contributed by atoms with E-state index in [1.807, 2.05) is 0 Å². The first-order valence-corrected chi connectivity index (χ1v) is 8.60. The molecule has 0 heterocycles. The third-order valence-electron chi connectivity index (χ3n) is 3.74. The molecule has 28 heavy (non-hydrogen) atoms. The van der Waals surface area contributed by atoms with Crippen LogP contribution in [-0.4, -0.2) is 17.3 Å². The summed E-state index contributed by atoms with van der Waals surface area (Å²) in [6.45, 7) is 0. The predicted molar refractivity (Wildman–Crippen MR) is 97.7 cm³/mol. The maximum Gasteiger partial charge on any atom is 0.399 e. The van der Waals surface area contributed by atoms with Gasteiger partial charge in [0.25, 0.3) is 6.43 Å². The highest BCUT2D eigenvalue weighted by Crippen LogP contribution is 2.41. The highest BCUT2D eigenvalue weighted by molar-refractivity contribution is 6.48. The molecule has 1 atom stereocenters. The van der Waals surface area contributed by atoms with E-state index >= 15 is 0 Å². The first-order valence-electron chi connectivity index (χ1n) is 7.46. The number of carbonyl (C=O) groups is 1. The maximum absolute atomic E-state index is 13.5. The second-order valence-electron chi connectivity index (χ2n) is 5.63. The lowest BCUT2D eigenvalue weighted by Crippen LogP contribution is -2.19. The van der Waals surface area contributed by atoms with E-state index in [1.54, 1.807) is 0 Å². The highest BCUT2D eigenvalue weighted by Gasteiger charge is 2.39. The van der Waals surface area contributed by atoms with Gasteiger partial charge < -0.3 is 5.11 Å². The number of hydrogen-bond donors (Lipinski definition) is 1. The van der Waals surface area contributed by atoms with E-state index in [2.05, 4.69) is 0 Å². The fraction of sp³-hybridized carbons (Fsp3) is 0.167. The molecule has 2 aromatic rings. The van der Waals surface area contributed by atoms with E-state index in [0.29, 0.717) is 0 Å². The Morgan fingerprint density at radius 2 is 1.61 bits per heavy atom. The highest BCUT2D eigenvalue weighted by atomic mass is 35.5. The molecule has 1 N–H and O–H groups in total. The van der Waals surface area contributed by atoms with Gasteiger partial charge in [0.05, 0.1) is 26.5 Å². The van der Waals surface area contributed by atoms with Crippen LogP contribution in [0.2, 0.25) is 15.1 Å². The van der Waals surface area contributed by atoms with Gasteiger partial charge >= 0.3 is 12.1 Å². The van der Waals surface area contributed by atoms with Crippen molar-refractivity contribution in [2.24, 2.45) is 0 Å². The Balaban J connectivity index is 2.48. The molecule has 0 aliphatic carbocycles. The maximum atomic E-state index is 13.5. The molecule has 0 spiro atoms. The largest absolute Gasteiger partial charge is 0.478 e. The topological polar surface area (TPSA) is 37.3 Å². The Morgan fingerprint density at radius 3 is 2.07 bits per heavy atom. The predicted octanol–water partition coefficient (Wildman–Crippen LogP) is 7.64. The molecule has 0 aliphatic rings. The minimum absolute atomic E-state index is 0.0271. The third-order valence-corrected chi connectivity index (χ3v) is 4.94. The molecule has 0 aliphatic heterocycles.